The topological polar surface area (TPSA) is 39.2 Å². The molecule has 0 radical (unpaired) electrons. The molecule has 0 aromatic carbocycles. The lowest BCUT2D eigenvalue weighted by Gasteiger charge is -2.01. The van der Waals surface area contributed by atoms with E-state index in [9.17, 15) is 0 Å². The van der Waals surface area contributed by atoms with Gasteiger partial charge in [0.15, 0.2) is 0 Å². The van der Waals surface area contributed by atoms with Crippen LogP contribution in [0.1, 0.15) is 25.1 Å². The predicted molar refractivity (Wildman–Crippen MR) is 35.9 cm³/mol. The van der Waals surface area contributed by atoms with Gasteiger partial charge in [-0.05, 0) is 18.6 Å². The number of hydrogen-bond donors (Lipinski definition) is 1. The quantitative estimate of drug-likeness (QED) is 0.653. The van der Waals surface area contributed by atoms with Crippen LogP contribution in [0, 0.1) is 0 Å². The van der Waals surface area contributed by atoms with Crippen molar-refractivity contribution in [2.75, 3.05) is 0 Å². The minimum absolute atomic E-state index is 0.0694. The molecule has 0 aliphatic heterocycles. The van der Waals surface area contributed by atoms with Crippen molar-refractivity contribution in [2.45, 2.75) is 19.4 Å². The van der Waals surface area contributed by atoms with Gasteiger partial charge in [-0.2, -0.15) is 0 Å². The molecule has 0 aliphatic rings. The number of hydrogen-bond acceptors (Lipinski definition) is 2. The van der Waals surface area contributed by atoms with E-state index in [2.05, 4.69) is 0 Å². The maximum Gasteiger partial charge on any atom is 0.120 e. The Bertz CT molecular complexity index is 157. The van der Waals surface area contributed by atoms with E-state index < -0.39 is 0 Å². The van der Waals surface area contributed by atoms with Crippen LogP contribution in [-0.2, 0) is 0 Å². The molecule has 1 aromatic heterocycles. The first-order valence-corrected chi connectivity index (χ1v) is 3.13. The lowest BCUT2D eigenvalue weighted by molar-refractivity contribution is 0.460. The second-order valence-corrected chi connectivity index (χ2v) is 2.03. The van der Waals surface area contributed by atoms with Crippen molar-refractivity contribution >= 4 is 0 Å². The molecule has 0 amide bonds. The smallest absolute Gasteiger partial charge is 0.120 e. The highest BCUT2D eigenvalue weighted by molar-refractivity contribution is 5.02. The van der Waals surface area contributed by atoms with E-state index in [1.165, 1.54) is 0 Å². The molecule has 2 nitrogen and oxygen atoms in total. The van der Waals surface area contributed by atoms with Gasteiger partial charge >= 0.3 is 0 Å². The summed E-state index contributed by atoms with van der Waals surface area (Å²) in [5, 5.41) is 0. The van der Waals surface area contributed by atoms with Crippen LogP contribution < -0.4 is 5.73 Å². The fourth-order valence-electron chi connectivity index (χ4n) is 0.703. The summed E-state index contributed by atoms with van der Waals surface area (Å²) in [6, 6.07) is 3.82. The van der Waals surface area contributed by atoms with E-state index in [4.69, 9.17) is 10.2 Å². The van der Waals surface area contributed by atoms with Crippen molar-refractivity contribution < 1.29 is 4.42 Å². The second-order valence-electron chi connectivity index (χ2n) is 2.03. The molecule has 1 aromatic rings. The van der Waals surface area contributed by atoms with Crippen molar-refractivity contribution in [3.8, 4) is 0 Å². The molecule has 2 N–H and O–H groups in total. The summed E-state index contributed by atoms with van der Waals surface area (Å²) in [7, 11) is 0. The summed E-state index contributed by atoms with van der Waals surface area (Å²) in [5.74, 6) is 0.873. The third kappa shape index (κ3) is 1.33. The van der Waals surface area contributed by atoms with E-state index in [0.717, 1.165) is 12.2 Å². The molecule has 1 atom stereocenters. The molecule has 1 rings (SSSR count). The minimum atomic E-state index is 0.0694. The predicted octanol–water partition coefficient (Wildman–Crippen LogP) is 1.69. The first-order chi connectivity index (χ1) is 4.34. The monoisotopic (exact) mass is 125 g/mol. The third-order valence-corrected chi connectivity index (χ3v) is 1.35. The summed E-state index contributed by atoms with van der Waals surface area (Å²) in [4.78, 5) is 0. The van der Waals surface area contributed by atoms with Crippen molar-refractivity contribution in [2.24, 2.45) is 5.73 Å². The number of furan rings is 1. The molecule has 0 unspecified atom stereocenters. The van der Waals surface area contributed by atoms with Crippen molar-refractivity contribution in [1.29, 1.82) is 0 Å². The first-order valence-electron chi connectivity index (χ1n) is 3.13. The van der Waals surface area contributed by atoms with Gasteiger partial charge in [0.25, 0.3) is 0 Å². The van der Waals surface area contributed by atoms with E-state index in [0.29, 0.717) is 0 Å². The van der Waals surface area contributed by atoms with Crippen molar-refractivity contribution in [3.05, 3.63) is 24.2 Å². The molecular weight excluding hydrogens is 114 g/mol. The molecule has 0 fully saturated rings. The summed E-state index contributed by atoms with van der Waals surface area (Å²) in [5.41, 5.74) is 5.64. The largest absolute Gasteiger partial charge is 0.468 e. The van der Waals surface area contributed by atoms with E-state index in [1.807, 2.05) is 19.1 Å². The van der Waals surface area contributed by atoms with Gasteiger partial charge in [0, 0.05) is 0 Å². The standard InChI is InChI=1S/C7H11NO/c1-2-6(8)7-4-3-5-9-7/h3-6H,2,8H2,1H3/t6-/m0/s1. The molecule has 9 heavy (non-hydrogen) atoms. The maximum atomic E-state index is 5.64. The summed E-state index contributed by atoms with van der Waals surface area (Å²) < 4.78 is 5.06. The van der Waals surface area contributed by atoms with Gasteiger partial charge in [-0.15, -0.1) is 0 Å². The Balaban J connectivity index is 2.65. The number of nitrogens with two attached hydrogens (primary N) is 1. The molecule has 0 saturated heterocycles. The zero-order chi connectivity index (χ0) is 6.69. The minimum Gasteiger partial charge on any atom is -0.468 e. The van der Waals surface area contributed by atoms with Gasteiger partial charge in [-0.3, -0.25) is 0 Å². The fourth-order valence-corrected chi connectivity index (χ4v) is 0.703. The summed E-state index contributed by atoms with van der Waals surface area (Å²) >= 11 is 0. The third-order valence-electron chi connectivity index (χ3n) is 1.35. The SMILES string of the molecule is CC[C@H](N)c1ccco1. The average Bonchev–Trinajstić information content (AvgIpc) is 2.37. The summed E-state index contributed by atoms with van der Waals surface area (Å²) in [6.45, 7) is 2.03. The van der Waals surface area contributed by atoms with Gasteiger partial charge < -0.3 is 10.2 Å². The van der Waals surface area contributed by atoms with Crippen LogP contribution in [0.5, 0.6) is 0 Å². The van der Waals surface area contributed by atoms with Crippen molar-refractivity contribution in [1.82, 2.24) is 0 Å². The van der Waals surface area contributed by atoms with Gasteiger partial charge in [0.05, 0.1) is 12.3 Å². The van der Waals surface area contributed by atoms with Crippen LogP contribution in [-0.4, -0.2) is 0 Å². The molecule has 1 heterocycles. The Labute approximate surface area is 54.7 Å². The highest BCUT2D eigenvalue weighted by Crippen LogP contribution is 2.12. The van der Waals surface area contributed by atoms with Gasteiger partial charge in [0.1, 0.15) is 5.76 Å². The van der Waals surface area contributed by atoms with E-state index in [-0.39, 0.29) is 6.04 Å². The lowest BCUT2D eigenvalue weighted by Crippen LogP contribution is -2.06. The first kappa shape index (κ1) is 6.36. The molecule has 0 bridgehead atoms. The van der Waals surface area contributed by atoms with E-state index in [1.54, 1.807) is 6.26 Å². The molecule has 2 heteroatoms. The number of rotatable bonds is 2. The van der Waals surface area contributed by atoms with Crippen LogP contribution >= 0.6 is 0 Å². The van der Waals surface area contributed by atoms with Gasteiger partial charge in [-0.1, -0.05) is 6.92 Å². The zero-order valence-corrected chi connectivity index (χ0v) is 5.50. The Hall–Kier alpha value is -0.760. The molecule has 0 saturated carbocycles. The highest BCUT2D eigenvalue weighted by atomic mass is 16.3. The Kier molecular flexibility index (Phi) is 1.90. The van der Waals surface area contributed by atoms with Gasteiger partial charge in [-0.25, -0.2) is 0 Å². The highest BCUT2D eigenvalue weighted by Gasteiger charge is 2.03. The zero-order valence-electron chi connectivity index (χ0n) is 5.50. The maximum absolute atomic E-state index is 5.64. The Morgan fingerprint density at radius 1 is 1.78 bits per heavy atom. The lowest BCUT2D eigenvalue weighted by atomic mass is 10.2. The molecule has 0 spiro atoms. The fraction of sp³-hybridized carbons (Fsp3) is 0.429. The molecular formula is C7H11NO. The summed E-state index contributed by atoms with van der Waals surface area (Å²) in [6.07, 6.45) is 2.57. The van der Waals surface area contributed by atoms with Crippen molar-refractivity contribution in [3.63, 3.8) is 0 Å². The van der Waals surface area contributed by atoms with Crippen LogP contribution in [0.3, 0.4) is 0 Å². The normalized spacial score (nSPS) is 13.6. The Morgan fingerprint density at radius 3 is 3.00 bits per heavy atom. The van der Waals surface area contributed by atoms with Crippen LogP contribution in [0.4, 0.5) is 0 Å². The van der Waals surface area contributed by atoms with E-state index >= 15 is 0 Å². The van der Waals surface area contributed by atoms with Crippen LogP contribution in [0.2, 0.25) is 0 Å². The van der Waals surface area contributed by atoms with Crippen LogP contribution in [0.15, 0.2) is 22.8 Å². The molecule has 50 valence electrons. The molecule has 0 aliphatic carbocycles. The van der Waals surface area contributed by atoms with Crippen LogP contribution in [0.25, 0.3) is 0 Å². The second kappa shape index (κ2) is 2.69. The average molecular weight is 125 g/mol. The van der Waals surface area contributed by atoms with Gasteiger partial charge in [0.2, 0.25) is 0 Å². The Morgan fingerprint density at radius 2 is 2.56 bits per heavy atom.